The van der Waals surface area contributed by atoms with Crippen LogP contribution in [0.15, 0.2) is 35.7 Å². The Hall–Kier alpha value is -2.34. The standard InChI is InChI=1S/C25H34N2O3S/c1-6-19(5)27(25(29)17(2)3)15-24(28)26-13-11-23-20(12-14-31-23)21(26)16-30-22-10-8-7-9-18(22)4/h7-10,12,14,17,19,21H,6,11,13,15-16H2,1-5H3/t19-,21-/m0/s1. The highest BCUT2D eigenvalue weighted by Crippen LogP contribution is 2.34. The number of amides is 2. The van der Waals surface area contributed by atoms with Crippen LogP contribution in [-0.4, -0.2) is 47.4 Å². The van der Waals surface area contributed by atoms with Gasteiger partial charge in [-0.25, -0.2) is 0 Å². The van der Waals surface area contributed by atoms with Gasteiger partial charge in [0.1, 0.15) is 18.9 Å². The lowest BCUT2D eigenvalue weighted by atomic mass is 10.00. The topological polar surface area (TPSA) is 49.9 Å². The van der Waals surface area contributed by atoms with Crippen LogP contribution in [-0.2, 0) is 16.0 Å². The molecule has 0 aliphatic carbocycles. The Morgan fingerprint density at radius 2 is 1.97 bits per heavy atom. The zero-order chi connectivity index (χ0) is 22.5. The summed E-state index contributed by atoms with van der Waals surface area (Å²) in [5, 5.41) is 2.09. The van der Waals surface area contributed by atoms with Crippen molar-refractivity contribution < 1.29 is 14.3 Å². The molecule has 1 aromatic heterocycles. The number of carbonyl (C=O) groups is 2. The fraction of sp³-hybridized carbons (Fsp3) is 0.520. The summed E-state index contributed by atoms with van der Waals surface area (Å²) in [4.78, 5) is 31.2. The largest absolute Gasteiger partial charge is 0.491 e. The molecule has 2 atom stereocenters. The van der Waals surface area contributed by atoms with Crippen LogP contribution in [0.25, 0.3) is 0 Å². The molecule has 0 spiro atoms. The van der Waals surface area contributed by atoms with Crippen LogP contribution < -0.4 is 4.74 Å². The second kappa shape index (κ2) is 10.3. The lowest BCUT2D eigenvalue weighted by molar-refractivity contribution is -0.146. The Labute approximate surface area is 190 Å². The van der Waals surface area contributed by atoms with Gasteiger partial charge in [-0.1, -0.05) is 39.0 Å². The predicted octanol–water partition coefficient (Wildman–Crippen LogP) is 4.84. The van der Waals surface area contributed by atoms with Crippen LogP contribution in [0, 0.1) is 12.8 Å². The average Bonchev–Trinajstić information content (AvgIpc) is 3.24. The van der Waals surface area contributed by atoms with Crippen molar-refractivity contribution in [2.45, 2.75) is 59.5 Å². The molecule has 0 saturated heterocycles. The highest BCUT2D eigenvalue weighted by atomic mass is 32.1. The molecular formula is C25H34N2O3S. The van der Waals surface area contributed by atoms with E-state index in [1.54, 1.807) is 16.2 Å². The second-order valence-corrected chi connectivity index (χ2v) is 9.61. The van der Waals surface area contributed by atoms with Gasteiger partial charge >= 0.3 is 0 Å². The van der Waals surface area contributed by atoms with Crippen molar-refractivity contribution in [3.05, 3.63) is 51.7 Å². The molecule has 1 aliphatic rings. The monoisotopic (exact) mass is 442 g/mol. The van der Waals surface area contributed by atoms with Crippen LogP contribution in [0.3, 0.4) is 0 Å². The maximum absolute atomic E-state index is 13.5. The summed E-state index contributed by atoms with van der Waals surface area (Å²) >= 11 is 1.74. The molecule has 3 rings (SSSR count). The SMILES string of the molecule is CC[C@H](C)N(CC(=O)N1CCc2sccc2[C@@H]1COc1ccccc1C)C(=O)C(C)C. The zero-order valence-corrected chi connectivity index (χ0v) is 20.1. The van der Waals surface area contributed by atoms with E-state index in [2.05, 4.69) is 11.4 Å². The van der Waals surface area contributed by atoms with Crippen molar-refractivity contribution in [2.75, 3.05) is 19.7 Å². The third kappa shape index (κ3) is 5.29. The molecule has 0 radical (unpaired) electrons. The van der Waals surface area contributed by atoms with Crippen LogP contribution in [0.2, 0.25) is 0 Å². The molecule has 0 unspecified atom stereocenters. The zero-order valence-electron chi connectivity index (χ0n) is 19.3. The van der Waals surface area contributed by atoms with E-state index in [1.807, 2.05) is 63.8 Å². The molecule has 31 heavy (non-hydrogen) atoms. The van der Waals surface area contributed by atoms with Crippen molar-refractivity contribution >= 4 is 23.2 Å². The third-order valence-electron chi connectivity index (χ3n) is 6.11. The van der Waals surface area contributed by atoms with Gasteiger partial charge in [-0.05, 0) is 55.3 Å². The van der Waals surface area contributed by atoms with Crippen LogP contribution in [0.1, 0.15) is 56.2 Å². The number of fused-ring (bicyclic) bond motifs is 1. The minimum absolute atomic E-state index is 0.00969. The molecule has 0 saturated carbocycles. The quantitative estimate of drug-likeness (QED) is 0.588. The Bertz CT molecular complexity index is 908. The normalized spacial score (nSPS) is 16.7. The lowest BCUT2D eigenvalue weighted by Gasteiger charge is -2.38. The minimum atomic E-state index is -0.143. The van der Waals surface area contributed by atoms with E-state index in [-0.39, 0.29) is 36.4 Å². The maximum atomic E-state index is 13.5. The van der Waals surface area contributed by atoms with Gasteiger partial charge in [0, 0.05) is 23.4 Å². The highest BCUT2D eigenvalue weighted by molar-refractivity contribution is 7.10. The predicted molar refractivity (Wildman–Crippen MR) is 125 cm³/mol. The fourth-order valence-electron chi connectivity index (χ4n) is 4.00. The first-order valence-corrected chi connectivity index (χ1v) is 12.1. The molecule has 2 amide bonds. The number of nitrogens with zero attached hydrogens (tertiary/aromatic N) is 2. The third-order valence-corrected chi connectivity index (χ3v) is 7.11. The number of rotatable bonds is 8. The first-order valence-electron chi connectivity index (χ1n) is 11.2. The number of carbonyl (C=O) groups excluding carboxylic acids is 2. The summed E-state index contributed by atoms with van der Waals surface area (Å²) in [7, 11) is 0. The van der Waals surface area contributed by atoms with E-state index in [0.717, 1.165) is 24.2 Å². The average molecular weight is 443 g/mol. The molecule has 5 nitrogen and oxygen atoms in total. The van der Waals surface area contributed by atoms with Crippen LogP contribution in [0.4, 0.5) is 0 Å². The van der Waals surface area contributed by atoms with E-state index in [1.165, 1.54) is 10.4 Å². The van der Waals surface area contributed by atoms with Crippen LogP contribution >= 0.6 is 11.3 Å². The van der Waals surface area contributed by atoms with E-state index < -0.39 is 0 Å². The smallest absolute Gasteiger partial charge is 0.242 e. The van der Waals surface area contributed by atoms with Gasteiger partial charge in [-0.2, -0.15) is 0 Å². The Kier molecular flexibility index (Phi) is 7.76. The van der Waals surface area contributed by atoms with E-state index in [0.29, 0.717) is 13.2 Å². The van der Waals surface area contributed by atoms with Gasteiger partial charge in [0.25, 0.3) is 0 Å². The summed E-state index contributed by atoms with van der Waals surface area (Å²) in [5.74, 6) is 0.730. The number of hydrogen-bond donors (Lipinski definition) is 0. The highest BCUT2D eigenvalue weighted by Gasteiger charge is 2.34. The first-order chi connectivity index (χ1) is 14.8. The van der Waals surface area contributed by atoms with Gasteiger partial charge in [0.2, 0.25) is 11.8 Å². The molecule has 1 aliphatic heterocycles. The molecule has 168 valence electrons. The van der Waals surface area contributed by atoms with Crippen LogP contribution in [0.5, 0.6) is 5.75 Å². The number of hydrogen-bond acceptors (Lipinski definition) is 4. The van der Waals surface area contributed by atoms with Crippen molar-refractivity contribution in [1.82, 2.24) is 9.80 Å². The molecule has 0 N–H and O–H groups in total. The molecule has 2 aromatic rings. The molecular weight excluding hydrogens is 408 g/mol. The van der Waals surface area contributed by atoms with Gasteiger partial charge in [0.15, 0.2) is 0 Å². The number of thiophene rings is 1. The van der Waals surface area contributed by atoms with Crippen molar-refractivity contribution in [2.24, 2.45) is 5.92 Å². The van der Waals surface area contributed by atoms with Crippen molar-refractivity contribution in [3.63, 3.8) is 0 Å². The van der Waals surface area contributed by atoms with Crippen molar-refractivity contribution in [3.8, 4) is 5.75 Å². The minimum Gasteiger partial charge on any atom is -0.491 e. The number of benzene rings is 1. The summed E-state index contributed by atoms with van der Waals surface area (Å²) in [6, 6.07) is 9.93. The Balaban J connectivity index is 1.81. The summed E-state index contributed by atoms with van der Waals surface area (Å²) < 4.78 is 6.17. The summed E-state index contributed by atoms with van der Waals surface area (Å²) in [5.41, 5.74) is 2.25. The number of ether oxygens (including phenoxy) is 1. The maximum Gasteiger partial charge on any atom is 0.242 e. The Morgan fingerprint density at radius 1 is 1.23 bits per heavy atom. The molecule has 0 bridgehead atoms. The lowest BCUT2D eigenvalue weighted by Crippen LogP contribution is -2.50. The first kappa shape index (κ1) is 23.3. The number of aryl methyl sites for hydroxylation is 1. The Morgan fingerprint density at radius 3 is 2.65 bits per heavy atom. The van der Waals surface area contributed by atoms with Gasteiger partial charge < -0.3 is 14.5 Å². The van der Waals surface area contributed by atoms with Gasteiger partial charge in [0.05, 0.1) is 6.04 Å². The van der Waals surface area contributed by atoms with Gasteiger partial charge in [-0.3, -0.25) is 9.59 Å². The van der Waals surface area contributed by atoms with E-state index in [9.17, 15) is 9.59 Å². The van der Waals surface area contributed by atoms with Gasteiger partial charge in [-0.15, -0.1) is 11.3 Å². The van der Waals surface area contributed by atoms with E-state index in [4.69, 9.17) is 4.74 Å². The molecule has 1 aromatic carbocycles. The summed E-state index contributed by atoms with van der Waals surface area (Å²) in [6.07, 6.45) is 1.67. The van der Waals surface area contributed by atoms with E-state index >= 15 is 0 Å². The molecule has 0 fully saturated rings. The molecule has 6 heteroatoms. The fourth-order valence-corrected chi connectivity index (χ4v) is 4.93. The summed E-state index contributed by atoms with van der Waals surface area (Å²) in [6.45, 7) is 11.0. The molecule has 2 heterocycles. The van der Waals surface area contributed by atoms with Crippen molar-refractivity contribution in [1.29, 1.82) is 0 Å². The number of para-hydroxylation sites is 1. The second-order valence-electron chi connectivity index (χ2n) is 8.61.